The minimum atomic E-state index is 0.0488. The van der Waals surface area contributed by atoms with Crippen molar-refractivity contribution in [2.45, 2.75) is 6.42 Å². The summed E-state index contributed by atoms with van der Waals surface area (Å²) >= 11 is 0. The van der Waals surface area contributed by atoms with Crippen molar-refractivity contribution in [3.05, 3.63) is 73.1 Å². The van der Waals surface area contributed by atoms with Crippen molar-refractivity contribution < 1.29 is 4.79 Å². The summed E-state index contributed by atoms with van der Waals surface area (Å²) in [5.74, 6) is 0.0488. The van der Waals surface area contributed by atoms with Gasteiger partial charge in [-0.25, -0.2) is 4.98 Å². The number of hydrogen-bond acceptors (Lipinski definition) is 2. The number of aromatic nitrogens is 2. The summed E-state index contributed by atoms with van der Waals surface area (Å²) in [6, 6.07) is 15.8. The van der Waals surface area contributed by atoms with Gasteiger partial charge in [-0.15, -0.1) is 6.58 Å². The topological polar surface area (TPSA) is 37.6 Å². The van der Waals surface area contributed by atoms with Crippen molar-refractivity contribution in [1.29, 1.82) is 0 Å². The van der Waals surface area contributed by atoms with Gasteiger partial charge in [0.25, 0.3) is 0 Å². The van der Waals surface area contributed by atoms with Gasteiger partial charge in [-0.1, -0.05) is 42.5 Å². The molecule has 0 unspecified atom stereocenters. The van der Waals surface area contributed by atoms with Crippen LogP contribution in [0.5, 0.6) is 0 Å². The van der Waals surface area contributed by atoms with Gasteiger partial charge in [0.2, 0.25) is 5.91 Å². The molecule has 0 saturated carbocycles. The van der Waals surface area contributed by atoms with Gasteiger partial charge < -0.3 is 9.30 Å². The van der Waals surface area contributed by atoms with Crippen LogP contribution in [-0.4, -0.2) is 33.8 Å². The van der Waals surface area contributed by atoms with E-state index in [0.717, 1.165) is 22.6 Å². The lowest BCUT2D eigenvalue weighted by Crippen LogP contribution is -2.28. The molecule has 23 heavy (non-hydrogen) atoms. The fourth-order valence-electron chi connectivity index (χ4n) is 2.62. The average molecular weight is 305 g/mol. The molecule has 0 N–H and O–H groups in total. The molecule has 0 atom stereocenters. The van der Waals surface area contributed by atoms with Gasteiger partial charge in [-0.3, -0.25) is 4.79 Å². The first kappa shape index (κ1) is 15.0. The number of rotatable bonds is 5. The highest BCUT2D eigenvalue weighted by Crippen LogP contribution is 2.25. The molecule has 3 rings (SSSR count). The van der Waals surface area contributed by atoms with Crippen molar-refractivity contribution in [1.82, 2.24) is 14.3 Å². The first-order valence-corrected chi connectivity index (χ1v) is 7.57. The van der Waals surface area contributed by atoms with Crippen LogP contribution in [0.25, 0.3) is 16.9 Å². The smallest absolute Gasteiger partial charge is 0.228 e. The number of amides is 1. The molecular formula is C19H19N3O. The summed E-state index contributed by atoms with van der Waals surface area (Å²) in [5, 5.41) is 0. The van der Waals surface area contributed by atoms with E-state index in [-0.39, 0.29) is 5.91 Å². The monoisotopic (exact) mass is 305 g/mol. The summed E-state index contributed by atoms with van der Waals surface area (Å²) in [4.78, 5) is 18.8. The highest BCUT2D eigenvalue weighted by molar-refractivity contribution is 5.81. The Kier molecular flexibility index (Phi) is 4.24. The zero-order valence-electron chi connectivity index (χ0n) is 13.1. The normalized spacial score (nSPS) is 10.7. The molecule has 0 aliphatic rings. The Morgan fingerprint density at radius 3 is 2.70 bits per heavy atom. The molecule has 0 bridgehead atoms. The van der Waals surface area contributed by atoms with Gasteiger partial charge in [0, 0.05) is 25.4 Å². The third kappa shape index (κ3) is 3.01. The SMILES string of the molecule is C=CCN(C)C(=O)Cc1c(-c2ccccc2)nc2ccccn12. The van der Waals surface area contributed by atoms with Crippen LogP contribution in [0.4, 0.5) is 0 Å². The molecule has 1 aromatic carbocycles. The molecule has 0 aliphatic carbocycles. The molecular weight excluding hydrogens is 286 g/mol. The second-order valence-electron chi connectivity index (χ2n) is 5.44. The third-order valence-corrected chi connectivity index (χ3v) is 3.82. The van der Waals surface area contributed by atoms with E-state index in [1.54, 1.807) is 18.0 Å². The van der Waals surface area contributed by atoms with Crippen molar-refractivity contribution in [2.75, 3.05) is 13.6 Å². The van der Waals surface area contributed by atoms with E-state index in [0.29, 0.717) is 13.0 Å². The molecule has 4 nitrogen and oxygen atoms in total. The van der Waals surface area contributed by atoms with Crippen LogP contribution in [0.2, 0.25) is 0 Å². The van der Waals surface area contributed by atoms with Crippen LogP contribution >= 0.6 is 0 Å². The molecule has 0 spiro atoms. The van der Waals surface area contributed by atoms with E-state index in [9.17, 15) is 4.79 Å². The first-order chi connectivity index (χ1) is 11.2. The number of carbonyl (C=O) groups is 1. The van der Waals surface area contributed by atoms with E-state index in [1.165, 1.54) is 0 Å². The molecule has 2 aromatic heterocycles. The zero-order valence-corrected chi connectivity index (χ0v) is 13.1. The minimum absolute atomic E-state index is 0.0488. The van der Waals surface area contributed by atoms with Gasteiger partial charge in [0.15, 0.2) is 0 Å². The van der Waals surface area contributed by atoms with E-state index in [4.69, 9.17) is 4.98 Å². The molecule has 3 aromatic rings. The van der Waals surface area contributed by atoms with E-state index in [1.807, 2.05) is 59.1 Å². The number of pyridine rings is 1. The Morgan fingerprint density at radius 2 is 1.96 bits per heavy atom. The quantitative estimate of drug-likeness (QED) is 0.679. The fourth-order valence-corrected chi connectivity index (χ4v) is 2.62. The van der Waals surface area contributed by atoms with E-state index in [2.05, 4.69) is 6.58 Å². The lowest BCUT2D eigenvalue weighted by Gasteiger charge is -2.15. The second-order valence-corrected chi connectivity index (χ2v) is 5.44. The Bertz CT molecular complexity index is 836. The van der Waals surface area contributed by atoms with Crippen LogP contribution in [0, 0.1) is 0 Å². The number of likely N-dealkylation sites (N-methyl/N-ethyl adjacent to an activating group) is 1. The highest BCUT2D eigenvalue weighted by Gasteiger charge is 2.18. The number of hydrogen-bond donors (Lipinski definition) is 0. The van der Waals surface area contributed by atoms with Crippen LogP contribution in [0.3, 0.4) is 0 Å². The van der Waals surface area contributed by atoms with Gasteiger partial charge in [-0.2, -0.15) is 0 Å². The highest BCUT2D eigenvalue weighted by atomic mass is 16.2. The van der Waals surface area contributed by atoms with Crippen molar-refractivity contribution in [2.24, 2.45) is 0 Å². The molecule has 0 saturated heterocycles. The maximum atomic E-state index is 12.5. The molecule has 0 aliphatic heterocycles. The summed E-state index contributed by atoms with van der Waals surface area (Å²) in [5.41, 5.74) is 3.63. The predicted molar refractivity (Wildman–Crippen MR) is 92.2 cm³/mol. The number of fused-ring (bicyclic) bond motifs is 1. The van der Waals surface area contributed by atoms with Gasteiger partial charge in [-0.05, 0) is 12.1 Å². The lowest BCUT2D eigenvalue weighted by atomic mass is 10.1. The van der Waals surface area contributed by atoms with Gasteiger partial charge in [0.1, 0.15) is 5.65 Å². The molecule has 1 amide bonds. The molecule has 0 fully saturated rings. The molecule has 116 valence electrons. The molecule has 4 heteroatoms. The Hall–Kier alpha value is -2.88. The van der Waals surface area contributed by atoms with Crippen molar-refractivity contribution in [3.63, 3.8) is 0 Å². The van der Waals surface area contributed by atoms with Crippen LogP contribution in [0.15, 0.2) is 67.4 Å². The fraction of sp³-hybridized carbons (Fsp3) is 0.158. The van der Waals surface area contributed by atoms with Gasteiger partial charge in [0.05, 0.1) is 17.8 Å². The number of imidazole rings is 1. The molecule has 2 heterocycles. The van der Waals surface area contributed by atoms with E-state index < -0.39 is 0 Å². The second kappa shape index (κ2) is 6.48. The standard InChI is InChI=1S/C19H19N3O/c1-3-12-21(2)18(23)14-16-19(15-9-5-4-6-10-15)20-17-11-7-8-13-22(16)17/h3-11,13H,1,12,14H2,2H3. The molecule has 0 radical (unpaired) electrons. The average Bonchev–Trinajstić information content (AvgIpc) is 2.94. The van der Waals surface area contributed by atoms with Crippen LogP contribution in [-0.2, 0) is 11.2 Å². The minimum Gasteiger partial charge on any atom is -0.342 e. The zero-order chi connectivity index (χ0) is 16.2. The lowest BCUT2D eigenvalue weighted by molar-refractivity contribution is -0.128. The number of benzene rings is 1. The summed E-state index contributed by atoms with van der Waals surface area (Å²) < 4.78 is 1.99. The van der Waals surface area contributed by atoms with E-state index >= 15 is 0 Å². The summed E-state index contributed by atoms with van der Waals surface area (Å²) in [6.45, 7) is 4.22. The number of nitrogens with zero attached hydrogens (tertiary/aromatic N) is 3. The van der Waals surface area contributed by atoms with Gasteiger partial charge >= 0.3 is 0 Å². The Balaban J connectivity index is 2.07. The Morgan fingerprint density at radius 1 is 1.22 bits per heavy atom. The van der Waals surface area contributed by atoms with Crippen LogP contribution < -0.4 is 0 Å². The van der Waals surface area contributed by atoms with Crippen molar-refractivity contribution in [3.8, 4) is 11.3 Å². The maximum absolute atomic E-state index is 12.5. The summed E-state index contributed by atoms with van der Waals surface area (Å²) in [7, 11) is 1.79. The van der Waals surface area contributed by atoms with Crippen LogP contribution in [0.1, 0.15) is 5.69 Å². The number of carbonyl (C=O) groups excluding carboxylic acids is 1. The first-order valence-electron chi connectivity index (χ1n) is 7.57. The van der Waals surface area contributed by atoms with Crippen molar-refractivity contribution >= 4 is 11.6 Å². The Labute approximate surface area is 135 Å². The third-order valence-electron chi connectivity index (χ3n) is 3.82. The maximum Gasteiger partial charge on any atom is 0.228 e. The predicted octanol–water partition coefficient (Wildman–Crippen LogP) is 3.19. The summed E-state index contributed by atoms with van der Waals surface area (Å²) in [6.07, 6.45) is 3.98. The largest absolute Gasteiger partial charge is 0.342 e.